The Bertz CT molecular complexity index is 420. The zero-order valence-corrected chi connectivity index (χ0v) is 12.1. The molecule has 19 heavy (non-hydrogen) atoms. The lowest BCUT2D eigenvalue weighted by Crippen LogP contribution is -2.40. The molecule has 0 aliphatic heterocycles. The summed E-state index contributed by atoms with van der Waals surface area (Å²) in [5, 5.41) is 3.25. The average molecular weight is 284 g/mol. The summed E-state index contributed by atoms with van der Waals surface area (Å²) in [6.07, 6.45) is 5.89. The van der Waals surface area contributed by atoms with Gasteiger partial charge in [-0.2, -0.15) is 26.7 Å². The Morgan fingerprint density at radius 1 is 1.32 bits per heavy atom. The number of thioether (sulfide) groups is 1. The van der Waals surface area contributed by atoms with Crippen LogP contribution in [0.5, 0.6) is 6.01 Å². The maximum Gasteiger partial charge on any atom is 0.323 e. The summed E-state index contributed by atoms with van der Waals surface area (Å²) < 4.78 is 5.60. The molecule has 7 nitrogen and oxygen atoms in total. The predicted molar refractivity (Wildman–Crippen MR) is 77.4 cm³/mol. The summed E-state index contributed by atoms with van der Waals surface area (Å²) in [5.41, 5.74) is 2.42. The molecule has 1 aromatic rings. The van der Waals surface area contributed by atoms with E-state index < -0.39 is 0 Å². The number of hydrogen-bond acceptors (Lipinski definition) is 8. The molecule has 0 spiro atoms. The third kappa shape index (κ3) is 3.38. The van der Waals surface area contributed by atoms with Gasteiger partial charge in [0.25, 0.3) is 0 Å². The van der Waals surface area contributed by atoms with Crippen molar-refractivity contribution >= 4 is 23.7 Å². The molecule has 0 bridgehead atoms. The Kier molecular flexibility index (Phi) is 4.65. The first-order valence-electron chi connectivity index (χ1n) is 6.36. The van der Waals surface area contributed by atoms with Gasteiger partial charge in [-0.25, -0.2) is 5.84 Å². The summed E-state index contributed by atoms with van der Waals surface area (Å²) in [5.74, 6) is 6.13. The van der Waals surface area contributed by atoms with Crippen LogP contribution in [0, 0.1) is 0 Å². The zero-order valence-electron chi connectivity index (χ0n) is 11.3. The predicted octanol–water partition coefficient (Wildman–Crippen LogP) is 1.25. The molecule has 0 radical (unpaired) electrons. The third-order valence-electron chi connectivity index (χ3n) is 3.28. The lowest BCUT2D eigenvalue weighted by Gasteiger charge is -2.40. The quantitative estimate of drug-likeness (QED) is 0.508. The van der Waals surface area contributed by atoms with Gasteiger partial charge < -0.3 is 10.1 Å². The molecule has 1 saturated carbocycles. The molecular formula is C11H20N6OS. The van der Waals surface area contributed by atoms with Crippen molar-refractivity contribution < 1.29 is 4.74 Å². The lowest BCUT2D eigenvalue weighted by atomic mass is 9.84. The second-order valence-electron chi connectivity index (χ2n) is 4.44. The van der Waals surface area contributed by atoms with Crippen molar-refractivity contribution in [3.63, 3.8) is 0 Å². The molecule has 4 N–H and O–H groups in total. The van der Waals surface area contributed by atoms with E-state index in [9.17, 15) is 0 Å². The first-order chi connectivity index (χ1) is 9.21. The minimum Gasteiger partial charge on any atom is -0.464 e. The topological polar surface area (TPSA) is 98.0 Å². The highest BCUT2D eigenvalue weighted by atomic mass is 32.2. The van der Waals surface area contributed by atoms with Crippen molar-refractivity contribution in [1.82, 2.24) is 15.0 Å². The van der Waals surface area contributed by atoms with E-state index in [2.05, 4.69) is 32.0 Å². The monoisotopic (exact) mass is 284 g/mol. The van der Waals surface area contributed by atoms with E-state index in [1.54, 1.807) is 0 Å². The van der Waals surface area contributed by atoms with Crippen molar-refractivity contribution in [3.05, 3.63) is 0 Å². The number of hydrogen-bond donors (Lipinski definition) is 3. The highest BCUT2D eigenvalue weighted by Crippen LogP contribution is 2.42. The number of hydrazine groups is 1. The van der Waals surface area contributed by atoms with Gasteiger partial charge in [-0.3, -0.25) is 5.43 Å². The molecular weight excluding hydrogens is 264 g/mol. The van der Waals surface area contributed by atoms with Gasteiger partial charge in [0.1, 0.15) is 0 Å². The van der Waals surface area contributed by atoms with Crippen molar-refractivity contribution in [2.75, 3.05) is 30.1 Å². The van der Waals surface area contributed by atoms with Crippen molar-refractivity contribution in [2.24, 2.45) is 5.84 Å². The van der Waals surface area contributed by atoms with Crippen molar-refractivity contribution in [1.29, 1.82) is 0 Å². The molecule has 0 saturated heterocycles. The molecule has 1 aliphatic rings. The fraction of sp³-hybridized carbons (Fsp3) is 0.727. The van der Waals surface area contributed by atoms with Gasteiger partial charge in [-0.05, 0) is 26.0 Å². The van der Waals surface area contributed by atoms with Crippen LogP contribution in [0.1, 0.15) is 26.2 Å². The van der Waals surface area contributed by atoms with E-state index in [0.29, 0.717) is 23.3 Å². The number of nitrogen functional groups attached to an aromatic ring is 1. The normalized spacial score (nSPS) is 16.6. The van der Waals surface area contributed by atoms with E-state index in [1.807, 2.05) is 18.7 Å². The van der Waals surface area contributed by atoms with Gasteiger partial charge in [0.2, 0.25) is 11.9 Å². The Hall–Kier alpha value is -1.28. The molecule has 106 valence electrons. The van der Waals surface area contributed by atoms with Crippen LogP contribution in [0.25, 0.3) is 0 Å². The van der Waals surface area contributed by atoms with Crippen LogP contribution in [-0.4, -0.2) is 39.1 Å². The molecule has 0 atom stereocenters. The minimum atomic E-state index is 0.278. The molecule has 1 heterocycles. The minimum absolute atomic E-state index is 0.278. The molecule has 0 aromatic carbocycles. The largest absolute Gasteiger partial charge is 0.464 e. The van der Waals surface area contributed by atoms with Crippen LogP contribution in [0.15, 0.2) is 0 Å². The average Bonchev–Trinajstić information content (AvgIpc) is 2.38. The number of nitrogens with two attached hydrogens (primary N) is 1. The molecule has 1 aliphatic carbocycles. The number of nitrogens with one attached hydrogen (secondary N) is 2. The summed E-state index contributed by atoms with van der Waals surface area (Å²) in [6, 6.07) is 0.278. The van der Waals surface area contributed by atoms with E-state index >= 15 is 0 Å². The van der Waals surface area contributed by atoms with Gasteiger partial charge in [0.05, 0.1) is 6.61 Å². The summed E-state index contributed by atoms with van der Waals surface area (Å²) in [6.45, 7) is 3.22. The van der Waals surface area contributed by atoms with Crippen LogP contribution in [-0.2, 0) is 0 Å². The van der Waals surface area contributed by atoms with Crippen molar-refractivity contribution in [2.45, 2.75) is 30.9 Å². The number of aromatic nitrogens is 3. The summed E-state index contributed by atoms with van der Waals surface area (Å²) >= 11 is 1.90. The van der Waals surface area contributed by atoms with Crippen LogP contribution in [0.2, 0.25) is 0 Å². The van der Waals surface area contributed by atoms with Gasteiger partial charge in [-0.15, -0.1) is 0 Å². The summed E-state index contributed by atoms with van der Waals surface area (Å²) in [4.78, 5) is 12.4. The Morgan fingerprint density at radius 2 is 2.05 bits per heavy atom. The summed E-state index contributed by atoms with van der Waals surface area (Å²) in [7, 11) is 0. The van der Waals surface area contributed by atoms with Gasteiger partial charge >= 0.3 is 6.01 Å². The molecule has 1 aromatic heterocycles. The smallest absolute Gasteiger partial charge is 0.323 e. The number of nitrogens with zero attached hydrogens (tertiary/aromatic N) is 3. The van der Waals surface area contributed by atoms with Crippen LogP contribution in [0.3, 0.4) is 0 Å². The number of ether oxygens (including phenoxy) is 1. The van der Waals surface area contributed by atoms with Gasteiger partial charge in [0, 0.05) is 11.3 Å². The Labute approximate surface area is 117 Å². The fourth-order valence-electron chi connectivity index (χ4n) is 1.96. The number of rotatable bonds is 7. The maximum atomic E-state index is 5.34. The van der Waals surface area contributed by atoms with Crippen LogP contribution in [0.4, 0.5) is 11.9 Å². The van der Waals surface area contributed by atoms with Crippen LogP contribution < -0.4 is 21.3 Å². The van der Waals surface area contributed by atoms with Crippen LogP contribution >= 0.6 is 11.8 Å². The zero-order chi connectivity index (χ0) is 13.7. The molecule has 8 heteroatoms. The molecule has 1 fully saturated rings. The Morgan fingerprint density at radius 3 is 2.58 bits per heavy atom. The van der Waals surface area contributed by atoms with Gasteiger partial charge in [-0.1, -0.05) is 6.42 Å². The first-order valence-corrected chi connectivity index (χ1v) is 7.58. The lowest BCUT2D eigenvalue weighted by molar-refractivity contribution is 0.312. The highest BCUT2D eigenvalue weighted by molar-refractivity contribution is 8.00. The first kappa shape index (κ1) is 14.1. The van der Waals surface area contributed by atoms with E-state index in [0.717, 1.165) is 6.54 Å². The number of anilines is 2. The second kappa shape index (κ2) is 6.25. The molecule has 0 amide bonds. The van der Waals surface area contributed by atoms with E-state index in [4.69, 9.17) is 10.6 Å². The fourth-order valence-corrected chi connectivity index (χ4v) is 2.87. The standard InChI is InChI=1S/C11H20N6OS/c1-3-18-10-15-8(14-9(16-10)17-12)13-7-11(19-2)5-4-6-11/h3-7,12H2,1-2H3,(H2,13,14,15,16,17). The Balaban J connectivity index is 2.04. The van der Waals surface area contributed by atoms with E-state index in [1.165, 1.54) is 19.3 Å². The molecule has 0 unspecified atom stereocenters. The maximum absolute atomic E-state index is 5.34. The van der Waals surface area contributed by atoms with Crippen molar-refractivity contribution in [3.8, 4) is 6.01 Å². The highest BCUT2D eigenvalue weighted by Gasteiger charge is 2.36. The third-order valence-corrected chi connectivity index (χ3v) is 4.70. The SMILES string of the molecule is CCOc1nc(NN)nc(NCC2(SC)CCC2)n1. The van der Waals surface area contributed by atoms with E-state index in [-0.39, 0.29) is 6.01 Å². The second-order valence-corrected chi connectivity index (χ2v) is 5.71. The van der Waals surface area contributed by atoms with Gasteiger partial charge in [0.15, 0.2) is 0 Å². The molecule has 2 rings (SSSR count).